The molecule has 0 heterocycles. The van der Waals surface area contributed by atoms with Gasteiger partial charge in [-0.1, -0.05) is 111 Å². The molecule has 5 rings (SSSR count). The fourth-order valence-corrected chi connectivity index (χ4v) is 5.00. The van der Waals surface area contributed by atoms with E-state index < -0.39 is 5.72 Å². The van der Waals surface area contributed by atoms with Crippen LogP contribution in [0.25, 0.3) is 22.3 Å². The molecule has 0 bridgehead atoms. The number of amides is 1. The lowest BCUT2D eigenvalue weighted by Gasteiger charge is -2.29. The first-order valence-corrected chi connectivity index (χ1v) is 14.1. The number of rotatable bonds is 12. The molecule has 4 aromatic rings. The number of para-hydroxylation sites is 1. The number of benzene rings is 4. The molecule has 1 N–H and O–H groups in total. The first-order chi connectivity index (χ1) is 19.1. The summed E-state index contributed by atoms with van der Waals surface area (Å²) in [6.45, 7) is 3.15. The molecular weight excluding hydrogens is 482 g/mol. The van der Waals surface area contributed by atoms with Gasteiger partial charge in [0.1, 0.15) is 11.5 Å². The lowest BCUT2D eigenvalue weighted by Crippen LogP contribution is -2.41. The van der Waals surface area contributed by atoms with E-state index in [4.69, 9.17) is 4.74 Å². The molecule has 0 unspecified atom stereocenters. The van der Waals surface area contributed by atoms with Crippen LogP contribution in [0.2, 0.25) is 0 Å². The minimum atomic E-state index is -1.11. The molecule has 4 heteroatoms. The van der Waals surface area contributed by atoms with Gasteiger partial charge < -0.3 is 14.7 Å². The molecular formula is C35H37NO3. The Morgan fingerprint density at radius 1 is 0.769 bits per heavy atom. The molecule has 4 aromatic carbocycles. The van der Waals surface area contributed by atoms with E-state index in [1.807, 2.05) is 78.9 Å². The highest BCUT2D eigenvalue weighted by atomic mass is 16.5. The van der Waals surface area contributed by atoms with E-state index in [-0.39, 0.29) is 5.91 Å². The van der Waals surface area contributed by atoms with Crippen molar-refractivity contribution in [1.82, 2.24) is 4.90 Å². The predicted octanol–water partition coefficient (Wildman–Crippen LogP) is 8.10. The molecule has 0 saturated heterocycles. The van der Waals surface area contributed by atoms with E-state index in [1.54, 1.807) is 4.90 Å². The van der Waals surface area contributed by atoms with Crippen LogP contribution in [0.1, 0.15) is 61.4 Å². The number of carbonyl (C=O) groups excluding carboxylic acids is 1. The van der Waals surface area contributed by atoms with Gasteiger partial charge in [0, 0.05) is 11.1 Å². The number of carbonyl (C=O) groups is 1. The number of hydrogen-bond donors (Lipinski definition) is 1. The molecule has 1 aliphatic rings. The summed E-state index contributed by atoms with van der Waals surface area (Å²) in [5.74, 6) is 0.611. The monoisotopic (exact) mass is 519 g/mol. The Morgan fingerprint density at radius 2 is 1.38 bits per heavy atom. The van der Waals surface area contributed by atoms with Crippen molar-refractivity contribution in [2.24, 2.45) is 0 Å². The van der Waals surface area contributed by atoms with Crippen molar-refractivity contribution in [2.75, 3.05) is 6.61 Å². The van der Waals surface area contributed by atoms with Crippen LogP contribution >= 0.6 is 0 Å². The van der Waals surface area contributed by atoms with Gasteiger partial charge in [-0.05, 0) is 59.7 Å². The fourth-order valence-electron chi connectivity index (χ4n) is 5.00. The van der Waals surface area contributed by atoms with Crippen LogP contribution in [0.15, 0.2) is 103 Å². The summed E-state index contributed by atoms with van der Waals surface area (Å²) in [6, 6.07) is 34.2. The molecule has 0 aromatic heterocycles. The van der Waals surface area contributed by atoms with Crippen molar-refractivity contribution in [2.45, 2.75) is 57.7 Å². The zero-order chi connectivity index (χ0) is 27.1. The van der Waals surface area contributed by atoms with E-state index in [0.29, 0.717) is 31.6 Å². The van der Waals surface area contributed by atoms with E-state index in [0.717, 1.165) is 46.4 Å². The Kier molecular flexibility index (Phi) is 8.43. The summed E-state index contributed by atoms with van der Waals surface area (Å²) in [5.41, 5.74) is 4.84. The minimum Gasteiger partial charge on any atom is -0.493 e. The number of unbranched alkanes of at least 4 members (excludes halogenated alkanes) is 3. The average molecular weight is 520 g/mol. The van der Waals surface area contributed by atoms with Gasteiger partial charge in [-0.3, -0.25) is 4.79 Å². The van der Waals surface area contributed by atoms with Crippen molar-refractivity contribution in [3.63, 3.8) is 0 Å². The predicted molar refractivity (Wildman–Crippen MR) is 157 cm³/mol. The maximum Gasteiger partial charge on any atom is 0.256 e. The molecule has 0 radical (unpaired) electrons. The highest BCUT2D eigenvalue weighted by Crippen LogP contribution is 2.41. The molecule has 39 heavy (non-hydrogen) atoms. The highest BCUT2D eigenvalue weighted by molar-refractivity contribution is 5.96. The average Bonchev–Trinajstić information content (AvgIpc) is 3.74. The topological polar surface area (TPSA) is 49.8 Å². The quantitative estimate of drug-likeness (QED) is 0.152. The molecule has 1 aliphatic carbocycles. The van der Waals surface area contributed by atoms with Crippen molar-refractivity contribution in [1.29, 1.82) is 0 Å². The second-order valence-electron chi connectivity index (χ2n) is 10.4. The van der Waals surface area contributed by atoms with Crippen molar-refractivity contribution in [3.8, 4) is 28.0 Å². The van der Waals surface area contributed by atoms with Crippen LogP contribution in [0.5, 0.6) is 5.75 Å². The Hall–Kier alpha value is -3.89. The second-order valence-corrected chi connectivity index (χ2v) is 10.4. The lowest BCUT2D eigenvalue weighted by atomic mass is 9.94. The van der Waals surface area contributed by atoms with Gasteiger partial charge in [-0.25, -0.2) is 0 Å². The van der Waals surface area contributed by atoms with Gasteiger partial charge in [0.25, 0.3) is 5.91 Å². The molecule has 1 amide bonds. The normalized spacial score (nSPS) is 13.6. The Labute approximate surface area is 231 Å². The van der Waals surface area contributed by atoms with Gasteiger partial charge >= 0.3 is 0 Å². The summed E-state index contributed by atoms with van der Waals surface area (Å²) in [7, 11) is 0. The standard InChI is InChI=1S/C35H37NO3/c1-2-3-4-12-25-39-33-18-11-8-15-30(33)26-36(35(38)23-24-35)34(37)29-21-19-28(20-22-29)32-17-10-9-16-31(32)27-13-6-5-7-14-27/h5-11,13-22,38H,2-4,12,23-26H2,1H3. The largest absolute Gasteiger partial charge is 0.493 e. The van der Waals surface area contributed by atoms with Gasteiger partial charge in [-0.2, -0.15) is 0 Å². The van der Waals surface area contributed by atoms with Gasteiger partial charge in [-0.15, -0.1) is 0 Å². The van der Waals surface area contributed by atoms with E-state index >= 15 is 0 Å². The van der Waals surface area contributed by atoms with E-state index in [9.17, 15) is 9.90 Å². The number of aliphatic hydroxyl groups is 1. The molecule has 4 nitrogen and oxygen atoms in total. The van der Waals surface area contributed by atoms with Gasteiger partial charge in [0.2, 0.25) is 0 Å². The summed E-state index contributed by atoms with van der Waals surface area (Å²) in [6.07, 6.45) is 5.72. The lowest BCUT2D eigenvalue weighted by molar-refractivity contribution is -0.0150. The molecule has 0 aliphatic heterocycles. The maximum atomic E-state index is 13.7. The molecule has 200 valence electrons. The zero-order valence-electron chi connectivity index (χ0n) is 22.7. The first kappa shape index (κ1) is 26.7. The first-order valence-electron chi connectivity index (χ1n) is 14.1. The van der Waals surface area contributed by atoms with Gasteiger partial charge in [0.05, 0.1) is 13.2 Å². The third-order valence-corrected chi connectivity index (χ3v) is 7.46. The highest BCUT2D eigenvalue weighted by Gasteiger charge is 2.49. The second kappa shape index (κ2) is 12.3. The SMILES string of the molecule is CCCCCCOc1ccccc1CN(C(=O)c1ccc(-c2ccccc2-c2ccccc2)cc1)C1(O)CC1. The number of hydrogen-bond acceptors (Lipinski definition) is 3. The summed E-state index contributed by atoms with van der Waals surface area (Å²) in [5, 5.41) is 11.1. The van der Waals surface area contributed by atoms with Crippen LogP contribution in [-0.2, 0) is 6.54 Å². The Bertz CT molecular complexity index is 1380. The minimum absolute atomic E-state index is 0.171. The third-order valence-electron chi connectivity index (χ3n) is 7.46. The zero-order valence-corrected chi connectivity index (χ0v) is 22.7. The van der Waals surface area contributed by atoms with Crippen molar-refractivity contribution < 1.29 is 14.6 Å². The number of nitrogens with zero attached hydrogens (tertiary/aromatic N) is 1. The Morgan fingerprint density at radius 3 is 2.05 bits per heavy atom. The van der Waals surface area contributed by atoms with Crippen molar-refractivity contribution in [3.05, 3.63) is 114 Å². The van der Waals surface area contributed by atoms with E-state index in [1.165, 1.54) is 12.8 Å². The molecule has 0 spiro atoms. The molecule has 1 saturated carbocycles. The number of ether oxygens (including phenoxy) is 1. The van der Waals surface area contributed by atoms with E-state index in [2.05, 4.69) is 31.2 Å². The summed E-state index contributed by atoms with van der Waals surface area (Å²) >= 11 is 0. The molecule has 1 fully saturated rings. The fraction of sp³-hybridized carbons (Fsp3) is 0.286. The van der Waals surface area contributed by atoms with Crippen LogP contribution in [0.4, 0.5) is 0 Å². The Balaban J connectivity index is 1.35. The van der Waals surface area contributed by atoms with Crippen molar-refractivity contribution >= 4 is 5.91 Å². The summed E-state index contributed by atoms with van der Waals surface area (Å²) in [4.78, 5) is 15.4. The smallest absolute Gasteiger partial charge is 0.256 e. The third kappa shape index (κ3) is 6.40. The van der Waals surface area contributed by atoms with Gasteiger partial charge in [0.15, 0.2) is 0 Å². The van der Waals surface area contributed by atoms with Crippen LogP contribution in [0.3, 0.4) is 0 Å². The summed E-state index contributed by atoms with van der Waals surface area (Å²) < 4.78 is 6.10. The molecule has 0 atom stereocenters. The van der Waals surface area contributed by atoms with Crippen LogP contribution < -0.4 is 4.74 Å². The van der Waals surface area contributed by atoms with Crippen LogP contribution in [0, 0.1) is 0 Å². The maximum absolute atomic E-state index is 13.7. The van der Waals surface area contributed by atoms with Crippen LogP contribution in [-0.4, -0.2) is 28.2 Å².